The van der Waals surface area contributed by atoms with Gasteiger partial charge in [-0.1, -0.05) is 30.3 Å². The van der Waals surface area contributed by atoms with Gasteiger partial charge in [-0.2, -0.15) is 18.4 Å². The number of aromatic nitrogens is 2. The fourth-order valence-corrected chi connectivity index (χ4v) is 3.14. The maximum atomic E-state index is 12.9. The van der Waals surface area contributed by atoms with Crippen LogP contribution < -0.4 is 4.74 Å². The molecular formula is C25H16F3N3O3. The molecule has 0 saturated carbocycles. The van der Waals surface area contributed by atoms with E-state index in [-0.39, 0.29) is 30.2 Å². The number of aryl methyl sites for hydroxylation is 1. The summed E-state index contributed by atoms with van der Waals surface area (Å²) in [5.41, 5.74) is 1.71. The molecule has 0 aliphatic heterocycles. The van der Waals surface area contributed by atoms with E-state index >= 15 is 0 Å². The van der Waals surface area contributed by atoms with Crippen LogP contribution in [0.5, 0.6) is 5.75 Å². The van der Waals surface area contributed by atoms with Crippen molar-refractivity contribution in [1.82, 2.24) is 10.2 Å². The first kappa shape index (κ1) is 22.7. The van der Waals surface area contributed by atoms with Crippen molar-refractivity contribution < 1.29 is 27.1 Å². The topological polar surface area (TPSA) is 89.0 Å². The summed E-state index contributed by atoms with van der Waals surface area (Å²) >= 11 is 0. The van der Waals surface area contributed by atoms with E-state index in [1.807, 2.05) is 12.1 Å². The van der Waals surface area contributed by atoms with Crippen LogP contribution in [0.1, 0.15) is 23.4 Å². The summed E-state index contributed by atoms with van der Waals surface area (Å²) in [5, 5.41) is 16.4. The zero-order valence-corrected chi connectivity index (χ0v) is 17.5. The third-order valence-electron chi connectivity index (χ3n) is 4.88. The van der Waals surface area contributed by atoms with Crippen molar-refractivity contribution in [1.29, 1.82) is 5.26 Å². The van der Waals surface area contributed by atoms with Gasteiger partial charge in [0.2, 0.25) is 11.8 Å². The number of hydrogen-bond acceptors (Lipinski definition) is 6. The molecule has 4 rings (SSSR count). The number of carbonyl (C=O) groups is 1. The van der Waals surface area contributed by atoms with Gasteiger partial charge in [0.1, 0.15) is 5.75 Å². The van der Waals surface area contributed by atoms with E-state index in [1.165, 1.54) is 12.1 Å². The molecule has 0 radical (unpaired) electrons. The highest BCUT2D eigenvalue weighted by Crippen LogP contribution is 2.32. The minimum atomic E-state index is -4.48. The standard InChI is InChI=1S/C25H16F3N3O3/c26-25(27,28)20-3-1-2-19(14-20)24-31-30-22(34-24)12-13-23(32)33-21-10-8-18(9-11-21)17-6-4-16(15-29)5-7-17/h1-11,14H,12-13H2. The highest BCUT2D eigenvalue weighted by Gasteiger charge is 2.30. The normalized spacial score (nSPS) is 11.1. The number of alkyl halides is 3. The first-order valence-corrected chi connectivity index (χ1v) is 10.1. The number of ether oxygens (including phenoxy) is 1. The van der Waals surface area contributed by atoms with Gasteiger partial charge in [-0.3, -0.25) is 4.79 Å². The molecule has 0 aliphatic carbocycles. The number of nitrogens with zero attached hydrogens (tertiary/aromatic N) is 3. The summed E-state index contributed by atoms with van der Waals surface area (Å²) < 4.78 is 49.4. The molecule has 0 fully saturated rings. The minimum absolute atomic E-state index is 0.0540. The van der Waals surface area contributed by atoms with E-state index < -0.39 is 17.7 Å². The van der Waals surface area contributed by atoms with Gasteiger partial charge in [0.15, 0.2) is 0 Å². The maximum Gasteiger partial charge on any atom is 0.416 e. The van der Waals surface area contributed by atoms with E-state index in [4.69, 9.17) is 14.4 Å². The predicted octanol–water partition coefficient (Wildman–Crippen LogP) is 5.83. The molecule has 1 heterocycles. The van der Waals surface area contributed by atoms with E-state index in [0.29, 0.717) is 11.3 Å². The molecule has 0 aliphatic rings. The van der Waals surface area contributed by atoms with Gasteiger partial charge >= 0.3 is 12.1 Å². The average molecular weight is 463 g/mol. The van der Waals surface area contributed by atoms with Crippen LogP contribution in [-0.4, -0.2) is 16.2 Å². The quantitative estimate of drug-likeness (QED) is 0.264. The van der Waals surface area contributed by atoms with Crippen molar-refractivity contribution >= 4 is 5.97 Å². The van der Waals surface area contributed by atoms with Gasteiger partial charge in [-0.25, -0.2) is 0 Å². The van der Waals surface area contributed by atoms with Crippen molar-refractivity contribution in [3.05, 3.63) is 89.8 Å². The average Bonchev–Trinajstić information content (AvgIpc) is 3.32. The van der Waals surface area contributed by atoms with Crippen LogP contribution in [0, 0.1) is 11.3 Å². The third-order valence-corrected chi connectivity index (χ3v) is 4.88. The van der Waals surface area contributed by atoms with Gasteiger partial charge in [-0.15, -0.1) is 10.2 Å². The zero-order valence-electron chi connectivity index (χ0n) is 17.5. The van der Waals surface area contributed by atoms with Gasteiger partial charge in [0.05, 0.1) is 23.6 Å². The number of hydrogen-bond donors (Lipinski definition) is 0. The predicted molar refractivity (Wildman–Crippen MR) is 115 cm³/mol. The lowest BCUT2D eigenvalue weighted by atomic mass is 10.0. The molecular weight excluding hydrogens is 447 g/mol. The van der Waals surface area contributed by atoms with E-state index in [9.17, 15) is 18.0 Å². The Kier molecular flexibility index (Phi) is 6.41. The second kappa shape index (κ2) is 9.58. The monoisotopic (exact) mass is 463 g/mol. The smallest absolute Gasteiger partial charge is 0.416 e. The molecule has 0 unspecified atom stereocenters. The lowest BCUT2D eigenvalue weighted by molar-refractivity contribution is -0.137. The van der Waals surface area contributed by atoms with E-state index in [2.05, 4.69) is 16.3 Å². The highest BCUT2D eigenvalue weighted by atomic mass is 19.4. The molecule has 0 N–H and O–H groups in total. The van der Waals surface area contributed by atoms with Gasteiger partial charge in [0, 0.05) is 12.0 Å². The summed E-state index contributed by atoms with van der Waals surface area (Å²) in [6, 6.07) is 20.6. The summed E-state index contributed by atoms with van der Waals surface area (Å²) in [6.45, 7) is 0. The molecule has 0 bridgehead atoms. The number of nitriles is 1. The fraction of sp³-hybridized carbons (Fsp3) is 0.120. The van der Waals surface area contributed by atoms with Crippen LogP contribution in [0.25, 0.3) is 22.6 Å². The largest absolute Gasteiger partial charge is 0.427 e. The van der Waals surface area contributed by atoms with Crippen LogP contribution in [0.2, 0.25) is 0 Å². The van der Waals surface area contributed by atoms with E-state index in [0.717, 1.165) is 23.3 Å². The molecule has 6 nitrogen and oxygen atoms in total. The first-order chi connectivity index (χ1) is 16.3. The van der Waals surface area contributed by atoms with E-state index in [1.54, 1.807) is 36.4 Å². The first-order valence-electron chi connectivity index (χ1n) is 10.1. The molecule has 4 aromatic rings. The molecule has 3 aromatic carbocycles. The van der Waals surface area contributed by atoms with Crippen LogP contribution in [0.15, 0.2) is 77.2 Å². The summed E-state index contributed by atoms with van der Waals surface area (Å²) in [5.74, 6) is -0.115. The Morgan fingerprint density at radius 3 is 2.26 bits per heavy atom. The molecule has 1 aromatic heterocycles. The number of rotatable bonds is 6. The minimum Gasteiger partial charge on any atom is -0.427 e. The second-order valence-electron chi connectivity index (χ2n) is 7.27. The molecule has 0 spiro atoms. The van der Waals surface area contributed by atoms with Crippen molar-refractivity contribution in [2.24, 2.45) is 0 Å². The Morgan fingerprint density at radius 2 is 1.62 bits per heavy atom. The number of halogens is 3. The Morgan fingerprint density at radius 1 is 0.941 bits per heavy atom. The van der Waals surface area contributed by atoms with Crippen LogP contribution in [-0.2, 0) is 17.4 Å². The molecule has 34 heavy (non-hydrogen) atoms. The number of benzene rings is 3. The fourth-order valence-electron chi connectivity index (χ4n) is 3.14. The van der Waals surface area contributed by atoms with Crippen molar-refractivity contribution in [2.45, 2.75) is 19.0 Å². The maximum absolute atomic E-state index is 12.9. The lowest BCUT2D eigenvalue weighted by Gasteiger charge is -2.06. The second-order valence-corrected chi connectivity index (χ2v) is 7.27. The highest BCUT2D eigenvalue weighted by molar-refractivity contribution is 5.73. The van der Waals surface area contributed by atoms with Gasteiger partial charge in [0.25, 0.3) is 0 Å². The summed E-state index contributed by atoms with van der Waals surface area (Å²) in [6.07, 6.45) is -4.46. The Labute approximate surface area is 192 Å². The molecule has 0 saturated heterocycles. The van der Waals surface area contributed by atoms with Crippen molar-refractivity contribution in [2.75, 3.05) is 0 Å². The van der Waals surface area contributed by atoms with Crippen molar-refractivity contribution in [3.63, 3.8) is 0 Å². The molecule has 170 valence electrons. The van der Waals surface area contributed by atoms with Crippen LogP contribution >= 0.6 is 0 Å². The number of esters is 1. The van der Waals surface area contributed by atoms with Crippen LogP contribution in [0.3, 0.4) is 0 Å². The Bertz CT molecular complexity index is 1340. The Balaban J connectivity index is 1.33. The summed E-state index contributed by atoms with van der Waals surface area (Å²) in [4.78, 5) is 12.2. The SMILES string of the molecule is N#Cc1ccc(-c2ccc(OC(=O)CCc3nnc(-c4cccc(C(F)(F)F)c4)o3)cc2)cc1. The molecule has 9 heteroatoms. The molecule has 0 atom stereocenters. The zero-order chi connectivity index (χ0) is 24.1. The summed E-state index contributed by atoms with van der Waals surface area (Å²) in [7, 11) is 0. The Hall–Kier alpha value is -4.45. The third kappa shape index (κ3) is 5.48. The van der Waals surface area contributed by atoms with Gasteiger partial charge in [-0.05, 0) is 53.6 Å². The van der Waals surface area contributed by atoms with Crippen LogP contribution in [0.4, 0.5) is 13.2 Å². The number of carbonyl (C=O) groups excluding carboxylic acids is 1. The van der Waals surface area contributed by atoms with Crippen molar-refractivity contribution in [3.8, 4) is 34.4 Å². The van der Waals surface area contributed by atoms with Gasteiger partial charge < -0.3 is 9.15 Å². The molecule has 0 amide bonds. The lowest BCUT2D eigenvalue weighted by Crippen LogP contribution is -2.09.